The van der Waals surface area contributed by atoms with E-state index in [4.69, 9.17) is 14.2 Å². The van der Waals surface area contributed by atoms with E-state index in [2.05, 4.69) is 6.92 Å². The van der Waals surface area contributed by atoms with Crippen molar-refractivity contribution >= 4 is 29.5 Å². The first-order chi connectivity index (χ1) is 18.1. The molecule has 1 aromatic carbocycles. The molecular formula is C31H46O8. The Bertz CT molecular complexity index is 1010. The lowest BCUT2D eigenvalue weighted by molar-refractivity contribution is -0.170. The second-order valence-electron chi connectivity index (χ2n) is 11.8. The number of esters is 3. The Morgan fingerprint density at radius 2 is 1.46 bits per heavy atom. The third kappa shape index (κ3) is 12.1. The lowest BCUT2D eigenvalue weighted by atomic mass is 9.85. The van der Waals surface area contributed by atoms with Crippen LogP contribution in [0, 0.1) is 11.3 Å². The predicted octanol–water partition coefficient (Wildman–Crippen LogP) is 6.67. The fraction of sp³-hybridized carbons (Fsp3) is 0.645. The van der Waals surface area contributed by atoms with Crippen molar-refractivity contribution in [2.45, 2.75) is 112 Å². The van der Waals surface area contributed by atoms with Crippen LogP contribution in [0.15, 0.2) is 18.2 Å². The van der Waals surface area contributed by atoms with Gasteiger partial charge >= 0.3 is 17.9 Å². The average molecular weight is 547 g/mol. The SMILES string of the molecule is CCCCCCCC(=O)c1ccc(OC(=O)C(CCC)C(=O)OCC(=O)OC(C)(C)C)c(C(=O)C(C)(C)C)c1. The summed E-state index contributed by atoms with van der Waals surface area (Å²) in [5.41, 5.74) is -1.08. The van der Waals surface area contributed by atoms with Crippen molar-refractivity contribution in [2.24, 2.45) is 11.3 Å². The van der Waals surface area contributed by atoms with E-state index in [1.807, 2.05) is 0 Å². The summed E-state index contributed by atoms with van der Waals surface area (Å²) >= 11 is 0. The molecule has 0 bridgehead atoms. The summed E-state index contributed by atoms with van der Waals surface area (Å²) in [5.74, 6) is -4.25. The molecule has 0 spiro atoms. The van der Waals surface area contributed by atoms with Crippen molar-refractivity contribution in [3.63, 3.8) is 0 Å². The zero-order chi connectivity index (χ0) is 29.8. The molecule has 1 rings (SSSR count). The number of rotatable bonds is 15. The number of ketones is 2. The van der Waals surface area contributed by atoms with E-state index >= 15 is 0 Å². The first-order valence-electron chi connectivity index (χ1n) is 13.9. The number of unbranched alkanes of at least 4 members (excludes halogenated alkanes) is 4. The molecule has 0 aliphatic rings. The number of hydrogen-bond acceptors (Lipinski definition) is 8. The molecule has 0 saturated heterocycles. The zero-order valence-electron chi connectivity index (χ0n) is 24.9. The Morgan fingerprint density at radius 1 is 0.821 bits per heavy atom. The van der Waals surface area contributed by atoms with Gasteiger partial charge in [-0.2, -0.15) is 0 Å². The maximum atomic E-state index is 13.3. The molecule has 39 heavy (non-hydrogen) atoms. The maximum Gasteiger partial charge on any atom is 0.344 e. The molecule has 0 amide bonds. The molecule has 0 radical (unpaired) electrons. The summed E-state index contributed by atoms with van der Waals surface area (Å²) in [6, 6.07) is 4.43. The number of carbonyl (C=O) groups is 5. The molecule has 1 atom stereocenters. The zero-order valence-corrected chi connectivity index (χ0v) is 24.9. The normalized spacial score (nSPS) is 12.4. The molecule has 0 saturated carbocycles. The molecule has 0 aromatic heterocycles. The van der Waals surface area contributed by atoms with Crippen molar-refractivity contribution in [1.29, 1.82) is 0 Å². The summed E-state index contributed by atoms with van der Waals surface area (Å²) in [5, 5.41) is 0. The Hall–Kier alpha value is -3.03. The van der Waals surface area contributed by atoms with E-state index in [9.17, 15) is 24.0 Å². The van der Waals surface area contributed by atoms with Crippen LogP contribution in [0.4, 0.5) is 0 Å². The molecule has 1 aromatic rings. The van der Waals surface area contributed by atoms with Crippen LogP contribution in [0.25, 0.3) is 0 Å². The number of carbonyl (C=O) groups excluding carboxylic acids is 5. The molecule has 8 heteroatoms. The fourth-order valence-corrected chi connectivity index (χ4v) is 3.81. The van der Waals surface area contributed by atoms with E-state index in [-0.39, 0.29) is 29.3 Å². The minimum absolute atomic E-state index is 0.0273. The quantitative estimate of drug-likeness (QED) is 0.0788. The number of Topliss-reactive ketones (excluding diaryl/α,β-unsaturated/α-hetero) is 2. The van der Waals surface area contributed by atoms with Crippen molar-refractivity contribution in [3.8, 4) is 5.75 Å². The summed E-state index contributed by atoms with van der Waals surface area (Å²) in [6.07, 6.45) is 6.02. The first kappa shape index (κ1) is 34.0. The minimum Gasteiger partial charge on any atom is -0.457 e. The molecule has 0 aliphatic heterocycles. The van der Waals surface area contributed by atoms with Gasteiger partial charge in [-0.05, 0) is 51.8 Å². The monoisotopic (exact) mass is 546 g/mol. The van der Waals surface area contributed by atoms with Crippen LogP contribution in [0.5, 0.6) is 5.75 Å². The van der Waals surface area contributed by atoms with Gasteiger partial charge in [-0.15, -0.1) is 0 Å². The molecule has 0 aliphatic carbocycles. The molecule has 1 unspecified atom stereocenters. The second-order valence-corrected chi connectivity index (χ2v) is 11.8. The van der Waals surface area contributed by atoms with Crippen molar-refractivity contribution in [3.05, 3.63) is 29.3 Å². The van der Waals surface area contributed by atoms with Crippen LogP contribution in [0.2, 0.25) is 0 Å². The molecule has 0 heterocycles. The van der Waals surface area contributed by atoms with Crippen molar-refractivity contribution in [2.75, 3.05) is 6.61 Å². The number of hydrogen-bond donors (Lipinski definition) is 0. The van der Waals surface area contributed by atoms with Crippen molar-refractivity contribution in [1.82, 2.24) is 0 Å². The highest BCUT2D eigenvalue weighted by Crippen LogP contribution is 2.30. The van der Waals surface area contributed by atoms with Gasteiger partial charge in [0.25, 0.3) is 0 Å². The van der Waals surface area contributed by atoms with Gasteiger partial charge in [0.2, 0.25) is 0 Å². The Labute approximate surface area is 233 Å². The summed E-state index contributed by atoms with van der Waals surface area (Å²) < 4.78 is 15.7. The first-order valence-corrected chi connectivity index (χ1v) is 13.9. The third-order valence-corrected chi connectivity index (χ3v) is 5.84. The molecule has 218 valence electrons. The lowest BCUT2D eigenvalue weighted by Gasteiger charge is -2.21. The second kappa shape index (κ2) is 15.5. The molecule has 8 nitrogen and oxygen atoms in total. The lowest BCUT2D eigenvalue weighted by Crippen LogP contribution is -2.33. The van der Waals surface area contributed by atoms with Crippen LogP contribution in [0.1, 0.15) is 127 Å². The smallest absolute Gasteiger partial charge is 0.344 e. The number of benzene rings is 1. The molecule has 0 N–H and O–H groups in total. The van der Waals surface area contributed by atoms with Gasteiger partial charge in [-0.25, -0.2) is 4.79 Å². The van der Waals surface area contributed by atoms with E-state index in [1.54, 1.807) is 48.5 Å². The summed E-state index contributed by atoms with van der Waals surface area (Å²) in [4.78, 5) is 63.8. The van der Waals surface area contributed by atoms with Crippen LogP contribution in [-0.2, 0) is 23.9 Å². The fourth-order valence-electron chi connectivity index (χ4n) is 3.81. The van der Waals surface area contributed by atoms with Gasteiger partial charge in [-0.1, -0.05) is 66.7 Å². The van der Waals surface area contributed by atoms with Crippen LogP contribution < -0.4 is 4.74 Å². The maximum absolute atomic E-state index is 13.3. The Balaban J connectivity index is 3.11. The summed E-state index contributed by atoms with van der Waals surface area (Å²) in [7, 11) is 0. The molecular weight excluding hydrogens is 500 g/mol. The van der Waals surface area contributed by atoms with Crippen LogP contribution in [-0.4, -0.2) is 41.7 Å². The van der Waals surface area contributed by atoms with E-state index in [0.29, 0.717) is 18.4 Å². The van der Waals surface area contributed by atoms with Gasteiger partial charge in [0, 0.05) is 17.4 Å². The highest BCUT2D eigenvalue weighted by molar-refractivity contribution is 6.06. The average Bonchev–Trinajstić information content (AvgIpc) is 2.83. The minimum atomic E-state index is -1.29. The largest absolute Gasteiger partial charge is 0.457 e. The van der Waals surface area contributed by atoms with E-state index in [1.165, 1.54) is 18.2 Å². The van der Waals surface area contributed by atoms with Gasteiger partial charge in [0.1, 0.15) is 11.4 Å². The van der Waals surface area contributed by atoms with Gasteiger partial charge < -0.3 is 14.2 Å². The standard InChI is InChI=1S/C31H46O8/c1-9-11-12-13-14-16-24(32)21-17-18-25(23(19-21)27(34)30(3,4)5)38-29(36)22(15-10-2)28(35)37-20-26(33)39-31(6,7)8/h17-19,22H,9-16,20H2,1-8H3. The van der Waals surface area contributed by atoms with Crippen LogP contribution >= 0.6 is 0 Å². The summed E-state index contributed by atoms with van der Waals surface area (Å²) in [6.45, 7) is 13.5. The van der Waals surface area contributed by atoms with Gasteiger partial charge in [-0.3, -0.25) is 19.2 Å². The Morgan fingerprint density at radius 3 is 2.03 bits per heavy atom. The molecule has 0 fully saturated rings. The highest BCUT2D eigenvalue weighted by Gasteiger charge is 2.33. The van der Waals surface area contributed by atoms with E-state index < -0.39 is 41.4 Å². The predicted molar refractivity (Wildman–Crippen MR) is 149 cm³/mol. The topological polar surface area (TPSA) is 113 Å². The third-order valence-electron chi connectivity index (χ3n) is 5.84. The van der Waals surface area contributed by atoms with Gasteiger partial charge in [0.05, 0.1) is 5.56 Å². The Kier molecular flexibility index (Phi) is 13.5. The highest BCUT2D eigenvalue weighted by atomic mass is 16.6. The number of ether oxygens (including phenoxy) is 3. The van der Waals surface area contributed by atoms with E-state index in [0.717, 1.165) is 32.1 Å². The van der Waals surface area contributed by atoms with Gasteiger partial charge in [0.15, 0.2) is 24.1 Å². The van der Waals surface area contributed by atoms with Crippen LogP contribution in [0.3, 0.4) is 0 Å². The van der Waals surface area contributed by atoms with Crippen molar-refractivity contribution < 1.29 is 38.2 Å².